The Balaban J connectivity index is 2.05. The molecular weight excluding hydrogens is 216 g/mol. The van der Waals surface area contributed by atoms with Crippen LogP contribution >= 0.6 is 0 Å². The van der Waals surface area contributed by atoms with Crippen molar-refractivity contribution in [3.63, 3.8) is 0 Å². The molecule has 0 aliphatic heterocycles. The summed E-state index contributed by atoms with van der Waals surface area (Å²) in [5, 5.41) is 10.0. The maximum absolute atomic E-state index is 11.9. The Hall–Kier alpha value is -1.39. The van der Waals surface area contributed by atoms with Gasteiger partial charge in [-0.15, -0.1) is 0 Å². The second kappa shape index (κ2) is 4.47. The number of carbonyl (C=O) groups is 1. The molecule has 0 spiro atoms. The summed E-state index contributed by atoms with van der Waals surface area (Å²) < 4.78 is 0. The Morgan fingerprint density at radius 1 is 1.53 bits per heavy atom. The lowest BCUT2D eigenvalue weighted by Gasteiger charge is -2.19. The van der Waals surface area contributed by atoms with Crippen molar-refractivity contribution < 1.29 is 4.79 Å². The molecule has 5 heteroatoms. The van der Waals surface area contributed by atoms with E-state index in [0.717, 1.165) is 12.2 Å². The second-order valence-electron chi connectivity index (χ2n) is 5.33. The molecule has 2 rings (SSSR count). The first kappa shape index (κ1) is 12.1. The highest BCUT2D eigenvalue weighted by Gasteiger charge is 2.40. The van der Waals surface area contributed by atoms with Crippen LogP contribution in [0.15, 0.2) is 0 Å². The van der Waals surface area contributed by atoms with Gasteiger partial charge in [0.2, 0.25) is 5.91 Å². The number of aryl methyl sites for hydroxylation is 1. The van der Waals surface area contributed by atoms with Crippen molar-refractivity contribution in [1.29, 1.82) is 0 Å². The van der Waals surface area contributed by atoms with Crippen LogP contribution in [0.25, 0.3) is 0 Å². The molecule has 5 nitrogen and oxygen atoms in total. The van der Waals surface area contributed by atoms with E-state index in [2.05, 4.69) is 41.3 Å². The van der Waals surface area contributed by atoms with Gasteiger partial charge in [-0.2, -0.15) is 5.10 Å². The molecule has 0 radical (unpaired) electrons. The van der Waals surface area contributed by atoms with Gasteiger partial charge in [0.15, 0.2) is 5.82 Å². The average molecular weight is 236 g/mol. The van der Waals surface area contributed by atoms with Crippen molar-refractivity contribution in [3.05, 3.63) is 11.6 Å². The molecule has 17 heavy (non-hydrogen) atoms. The zero-order valence-corrected chi connectivity index (χ0v) is 10.8. The smallest absolute Gasteiger partial charge is 0.223 e. The summed E-state index contributed by atoms with van der Waals surface area (Å²) in [6, 6.07) is -0.0970. The zero-order chi connectivity index (χ0) is 12.6. The van der Waals surface area contributed by atoms with Gasteiger partial charge in [0.25, 0.3) is 0 Å². The maximum atomic E-state index is 11.9. The Bertz CT molecular complexity index is 412. The van der Waals surface area contributed by atoms with Gasteiger partial charge in [-0.25, -0.2) is 4.98 Å². The van der Waals surface area contributed by atoms with Crippen LogP contribution in [0.5, 0.6) is 0 Å². The van der Waals surface area contributed by atoms with E-state index in [1.165, 1.54) is 0 Å². The molecule has 94 valence electrons. The fourth-order valence-corrected chi connectivity index (χ4v) is 1.98. The SMILES string of the molecule is Cc1nc([C@H](NC(=O)[C@H]2C[C@H]2C)C(C)C)n[nH]1. The third-order valence-electron chi connectivity index (χ3n) is 3.30. The summed E-state index contributed by atoms with van der Waals surface area (Å²) in [6.07, 6.45) is 1.00. The van der Waals surface area contributed by atoms with E-state index in [1.54, 1.807) is 0 Å². The molecule has 2 N–H and O–H groups in total. The predicted molar refractivity (Wildman–Crippen MR) is 64.1 cm³/mol. The van der Waals surface area contributed by atoms with E-state index in [-0.39, 0.29) is 23.8 Å². The molecule has 1 fully saturated rings. The average Bonchev–Trinajstić information content (AvgIpc) is 2.83. The lowest BCUT2D eigenvalue weighted by Crippen LogP contribution is -2.33. The number of amides is 1. The van der Waals surface area contributed by atoms with Crippen molar-refractivity contribution in [2.24, 2.45) is 17.8 Å². The van der Waals surface area contributed by atoms with Gasteiger partial charge >= 0.3 is 0 Å². The largest absolute Gasteiger partial charge is 0.345 e. The number of rotatable bonds is 4. The van der Waals surface area contributed by atoms with Gasteiger partial charge in [-0.05, 0) is 25.2 Å². The summed E-state index contributed by atoms with van der Waals surface area (Å²) in [7, 11) is 0. The molecule has 1 aliphatic rings. The predicted octanol–water partition coefficient (Wildman–Crippen LogP) is 1.58. The van der Waals surface area contributed by atoms with Crippen LogP contribution in [0.2, 0.25) is 0 Å². The standard InChI is InChI=1S/C12H20N4O/c1-6(2)10(11-13-8(4)15-16-11)14-12(17)9-5-7(9)3/h6-7,9-10H,5H2,1-4H3,(H,14,17)(H,13,15,16)/t7-,9+,10-/m1/s1. The van der Waals surface area contributed by atoms with E-state index in [9.17, 15) is 4.79 Å². The highest BCUT2D eigenvalue weighted by molar-refractivity contribution is 5.81. The molecule has 1 aromatic heterocycles. The molecule has 0 saturated heterocycles. The van der Waals surface area contributed by atoms with Crippen molar-refractivity contribution >= 4 is 5.91 Å². The van der Waals surface area contributed by atoms with Crippen LogP contribution in [-0.2, 0) is 4.79 Å². The third-order valence-corrected chi connectivity index (χ3v) is 3.30. The molecule has 1 aromatic rings. The normalized spacial score (nSPS) is 24.8. The number of hydrogen-bond donors (Lipinski definition) is 2. The van der Waals surface area contributed by atoms with Crippen LogP contribution in [0.3, 0.4) is 0 Å². The van der Waals surface area contributed by atoms with E-state index in [1.807, 2.05) is 6.92 Å². The quantitative estimate of drug-likeness (QED) is 0.833. The van der Waals surface area contributed by atoms with Crippen LogP contribution in [0.4, 0.5) is 0 Å². The number of nitrogens with one attached hydrogen (secondary N) is 2. The van der Waals surface area contributed by atoms with Crippen LogP contribution in [0.1, 0.15) is 44.9 Å². The molecule has 1 aliphatic carbocycles. The maximum Gasteiger partial charge on any atom is 0.223 e. The van der Waals surface area contributed by atoms with Gasteiger partial charge in [-0.3, -0.25) is 9.89 Å². The van der Waals surface area contributed by atoms with Crippen LogP contribution < -0.4 is 5.32 Å². The first-order valence-corrected chi connectivity index (χ1v) is 6.18. The van der Waals surface area contributed by atoms with E-state index >= 15 is 0 Å². The first-order valence-electron chi connectivity index (χ1n) is 6.18. The molecule has 3 atom stereocenters. The van der Waals surface area contributed by atoms with Crippen LogP contribution in [-0.4, -0.2) is 21.1 Å². The number of carbonyl (C=O) groups excluding carboxylic acids is 1. The topological polar surface area (TPSA) is 70.7 Å². The van der Waals surface area contributed by atoms with Gasteiger partial charge in [0.1, 0.15) is 5.82 Å². The Kier molecular flexibility index (Phi) is 3.17. The minimum atomic E-state index is -0.0970. The van der Waals surface area contributed by atoms with Crippen molar-refractivity contribution in [3.8, 4) is 0 Å². The Morgan fingerprint density at radius 3 is 2.59 bits per heavy atom. The third kappa shape index (κ3) is 2.65. The summed E-state index contributed by atoms with van der Waals surface area (Å²) in [5.41, 5.74) is 0. The summed E-state index contributed by atoms with van der Waals surface area (Å²) >= 11 is 0. The summed E-state index contributed by atoms with van der Waals surface area (Å²) in [4.78, 5) is 16.2. The van der Waals surface area contributed by atoms with Crippen molar-refractivity contribution in [1.82, 2.24) is 20.5 Å². The number of hydrogen-bond acceptors (Lipinski definition) is 3. The zero-order valence-electron chi connectivity index (χ0n) is 10.8. The molecule has 1 amide bonds. The molecule has 0 bridgehead atoms. The minimum absolute atomic E-state index is 0.0970. The lowest BCUT2D eigenvalue weighted by molar-refractivity contribution is -0.123. The fourth-order valence-electron chi connectivity index (χ4n) is 1.98. The number of nitrogens with zero attached hydrogens (tertiary/aromatic N) is 2. The molecular formula is C12H20N4O. The van der Waals surface area contributed by atoms with Gasteiger partial charge in [-0.1, -0.05) is 20.8 Å². The van der Waals surface area contributed by atoms with Crippen molar-refractivity contribution in [2.75, 3.05) is 0 Å². The Labute approximate surface area is 101 Å². The molecule has 0 aromatic carbocycles. The number of aromatic amines is 1. The van der Waals surface area contributed by atoms with E-state index in [4.69, 9.17) is 0 Å². The summed E-state index contributed by atoms with van der Waals surface area (Å²) in [5.74, 6) is 2.59. The fraction of sp³-hybridized carbons (Fsp3) is 0.750. The van der Waals surface area contributed by atoms with Crippen LogP contribution in [0, 0.1) is 24.7 Å². The van der Waals surface area contributed by atoms with E-state index < -0.39 is 0 Å². The molecule has 1 saturated carbocycles. The molecule has 0 unspecified atom stereocenters. The number of H-pyrrole nitrogens is 1. The van der Waals surface area contributed by atoms with Gasteiger partial charge in [0, 0.05) is 5.92 Å². The highest BCUT2D eigenvalue weighted by Crippen LogP contribution is 2.38. The van der Waals surface area contributed by atoms with Gasteiger partial charge < -0.3 is 5.32 Å². The molecule has 1 heterocycles. The minimum Gasteiger partial charge on any atom is -0.345 e. The van der Waals surface area contributed by atoms with E-state index in [0.29, 0.717) is 11.7 Å². The highest BCUT2D eigenvalue weighted by atomic mass is 16.2. The lowest BCUT2D eigenvalue weighted by atomic mass is 10.0. The second-order valence-corrected chi connectivity index (χ2v) is 5.33. The monoisotopic (exact) mass is 236 g/mol. The number of aromatic nitrogens is 3. The Morgan fingerprint density at radius 2 is 2.18 bits per heavy atom. The van der Waals surface area contributed by atoms with Crippen molar-refractivity contribution in [2.45, 2.75) is 40.2 Å². The first-order chi connectivity index (χ1) is 7.99. The van der Waals surface area contributed by atoms with Gasteiger partial charge in [0.05, 0.1) is 6.04 Å². The summed E-state index contributed by atoms with van der Waals surface area (Å²) in [6.45, 7) is 8.09.